The molecule has 0 amide bonds. The number of aliphatic hydroxyl groups is 1. The number of hydrogen-bond donors (Lipinski definition) is 2. The number of hydrogen-bond acceptors (Lipinski definition) is 6. The number of aromatic amines is 1. The molecule has 2 N–H and O–H groups in total. The number of ether oxygens (including phenoxy) is 3. The maximum Gasteiger partial charge on any atom is 0.355 e. The molecule has 0 aliphatic heterocycles. The molecule has 0 aliphatic carbocycles. The van der Waals surface area contributed by atoms with Crippen molar-refractivity contribution in [2.75, 3.05) is 20.8 Å². The van der Waals surface area contributed by atoms with Gasteiger partial charge in [0.05, 0.1) is 25.9 Å². The van der Waals surface area contributed by atoms with Crippen molar-refractivity contribution in [1.82, 2.24) is 4.98 Å². The standard InChI is InChI=1S/C19H23NO6/c1-10-17(12(3)21)11(2)20-18(10)19(23)26-9-15(22)14-8-13(24-4)6-7-16(14)25-5/h6-8,12,20-21H,9H2,1-5H3/t12-/m1/s1. The Kier molecular flexibility index (Phi) is 6.05. The molecule has 2 aromatic rings. The topological polar surface area (TPSA) is 97.9 Å². The fourth-order valence-electron chi connectivity index (χ4n) is 2.91. The molecule has 7 heteroatoms. The Morgan fingerprint density at radius 3 is 2.42 bits per heavy atom. The van der Waals surface area contributed by atoms with Gasteiger partial charge in [-0.25, -0.2) is 4.79 Å². The van der Waals surface area contributed by atoms with Gasteiger partial charge >= 0.3 is 5.97 Å². The van der Waals surface area contributed by atoms with E-state index in [0.717, 1.165) is 0 Å². The molecular formula is C19H23NO6. The lowest BCUT2D eigenvalue weighted by Gasteiger charge is -2.10. The highest BCUT2D eigenvalue weighted by Gasteiger charge is 2.22. The minimum absolute atomic E-state index is 0.226. The smallest absolute Gasteiger partial charge is 0.355 e. The molecule has 140 valence electrons. The second kappa shape index (κ2) is 8.05. The average Bonchev–Trinajstić information content (AvgIpc) is 2.93. The first-order valence-electron chi connectivity index (χ1n) is 8.09. The first-order chi connectivity index (χ1) is 12.3. The average molecular weight is 361 g/mol. The van der Waals surface area contributed by atoms with E-state index in [9.17, 15) is 14.7 Å². The van der Waals surface area contributed by atoms with Gasteiger partial charge < -0.3 is 24.3 Å². The number of aryl methyl sites for hydroxylation is 1. The second-order valence-electron chi connectivity index (χ2n) is 5.91. The van der Waals surface area contributed by atoms with Gasteiger partial charge in [-0.15, -0.1) is 0 Å². The molecule has 0 radical (unpaired) electrons. The highest BCUT2D eigenvalue weighted by atomic mass is 16.5. The van der Waals surface area contributed by atoms with E-state index in [1.54, 1.807) is 32.9 Å². The zero-order valence-electron chi connectivity index (χ0n) is 15.5. The third-order valence-electron chi connectivity index (χ3n) is 4.16. The minimum Gasteiger partial charge on any atom is -0.497 e. The van der Waals surface area contributed by atoms with Crippen LogP contribution in [0.4, 0.5) is 0 Å². The Bertz CT molecular complexity index is 822. The highest BCUT2D eigenvalue weighted by Crippen LogP contribution is 2.26. The van der Waals surface area contributed by atoms with Gasteiger partial charge in [0.15, 0.2) is 6.61 Å². The molecule has 0 spiro atoms. The Morgan fingerprint density at radius 1 is 1.19 bits per heavy atom. The van der Waals surface area contributed by atoms with Gasteiger partial charge in [0.2, 0.25) is 5.78 Å². The minimum atomic E-state index is -0.713. The van der Waals surface area contributed by atoms with E-state index in [1.165, 1.54) is 20.3 Å². The summed E-state index contributed by atoms with van der Waals surface area (Å²) in [6, 6.07) is 4.82. The molecule has 0 unspecified atom stereocenters. The first kappa shape index (κ1) is 19.5. The van der Waals surface area contributed by atoms with Crippen LogP contribution in [0.25, 0.3) is 0 Å². The van der Waals surface area contributed by atoms with Crippen LogP contribution in [0.3, 0.4) is 0 Å². The van der Waals surface area contributed by atoms with Crippen LogP contribution in [-0.2, 0) is 4.74 Å². The number of H-pyrrole nitrogens is 1. The number of aliphatic hydroxyl groups excluding tert-OH is 1. The molecule has 2 rings (SSSR count). The molecule has 1 heterocycles. The number of benzene rings is 1. The zero-order valence-corrected chi connectivity index (χ0v) is 15.5. The number of esters is 1. The van der Waals surface area contributed by atoms with Crippen LogP contribution in [0.2, 0.25) is 0 Å². The number of aromatic nitrogens is 1. The molecule has 0 aliphatic rings. The van der Waals surface area contributed by atoms with Crippen molar-refractivity contribution in [3.05, 3.63) is 46.3 Å². The lowest BCUT2D eigenvalue weighted by Crippen LogP contribution is -2.16. The predicted octanol–water partition coefficient (Wildman–Crippen LogP) is 2.74. The monoisotopic (exact) mass is 361 g/mol. The summed E-state index contributed by atoms with van der Waals surface area (Å²) in [4.78, 5) is 27.7. The van der Waals surface area contributed by atoms with E-state index in [-0.39, 0.29) is 11.3 Å². The number of ketones is 1. The summed E-state index contributed by atoms with van der Waals surface area (Å²) in [6.45, 7) is 4.66. The highest BCUT2D eigenvalue weighted by molar-refractivity contribution is 6.01. The zero-order chi connectivity index (χ0) is 19.4. The van der Waals surface area contributed by atoms with E-state index in [1.807, 2.05) is 0 Å². The van der Waals surface area contributed by atoms with Gasteiger partial charge in [-0.3, -0.25) is 4.79 Å². The molecule has 0 fully saturated rings. The normalized spacial score (nSPS) is 11.8. The van der Waals surface area contributed by atoms with Crippen molar-refractivity contribution in [3.63, 3.8) is 0 Å². The van der Waals surface area contributed by atoms with Gasteiger partial charge in [0.1, 0.15) is 17.2 Å². The summed E-state index contributed by atoms with van der Waals surface area (Å²) in [5, 5.41) is 9.80. The Balaban J connectivity index is 2.15. The summed E-state index contributed by atoms with van der Waals surface area (Å²) < 4.78 is 15.4. The summed E-state index contributed by atoms with van der Waals surface area (Å²) >= 11 is 0. The van der Waals surface area contributed by atoms with Crippen molar-refractivity contribution in [2.24, 2.45) is 0 Å². The number of carbonyl (C=O) groups is 2. The predicted molar refractivity (Wildman–Crippen MR) is 95.1 cm³/mol. The number of Topliss-reactive ketones (excluding diaryl/α,β-unsaturated/α-hetero) is 1. The van der Waals surface area contributed by atoms with E-state index >= 15 is 0 Å². The third kappa shape index (κ3) is 3.88. The molecule has 1 aromatic carbocycles. The summed E-state index contributed by atoms with van der Waals surface area (Å²) in [7, 11) is 2.94. The van der Waals surface area contributed by atoms with Gasteiger partial charge in [0.25, 0.3) is 0 Å². The second-order valence-corrected chi connectivity index (χ2v) is 5.91. The number of carbonyl (C=O) groups excluding carboxylic acids is 2. The molecular weight excluding hydrogens is 338 g/mol. The number of methoxy groups -OCH3 is 2. The van der Waals surface area contributed by atoms with Gasteiger partial charge in [-0.05, 0) is 44.5 Å². The maximum atomic E-state index is 12.4. The lowest BCUT2D eigenvalue weighted by atomic mass is 10.1. The van der Waals surface area contributed by atoms with Crippen molar-refractivity contribution < 1.29 is 28.9 Å². The fourth-order valence-corrected chi connectivity index (χ4v) is 2.91. The van der Waals surface area contributed by atoms with Crippen LogP contribution < -0.4 is 9.47 Å². The lowest BCUT2D eigenvalue weighted by molar-refractivity contribution is 0.0467. The van der Waals surface area contributed by atoms with Gasteiger partial charge in [0, 0.05) is 11.3 Å². The van der Waals surface area contributed by atoms with E-state index in [4.69, 9.17) is 14.2 Å². The first-order valence-corrected chi connectivity index (χ1v) is 8.09. The fraction of sp³-hybridized carbons (Fsp3) is 0.368. The van der Waals surface area contributed by atoms with Crippen LogP contribution in [0.15, 0.2) is 18.2 Å². The Morgan fingerprint density at radius 2 is 1.88 bits per heavy atom. The van der Waals surface area contributed by atoms with E-state index < -0.39 is 24.5 Å². The van der Waals surface area contributed by atoms with E-state index in [0.29, 0.717) is 28.3 Å². The Labute approximate surface area is 151 Å². The Hall–Kier alpha value is -2.80. The summed E-state index contributed by atoms with van der Waals surface area (Å²) in [5.41, 5.74) is 2.43. The van der Waals surface area contributed by atoms with Crippen LogP contribution in [0.5, 0.6) is 11.5 Å². The molecule has 0 saturated carbocycles. The van der Waals surface area contributed by atoms with Crippen LogP contribution in [0.1, 0.15) is 50.7 Å². The maximum absolute atomic E-state index is 12.4. The van der Waals surface area contributed by atoms with Crippen molar-refractivity contribution in [2.45, 2.75) is 26.9 Å². The van der Waals surface area contributed by atoms with E-state index in [2.05, 4.69) is 4.98 Å². The molecule has 7 nitrogen and oxygen atoms in total. The van der Waals surface area contributed by atoms with Gasteiger partial charge in [-0.1, -0.05) is 0 Å². The van der Waals surface area contributed by atoms with Crippen molar-refractivity contribution >= 4 is 11.8 Å². The summed E-state index contributed by atoms with van der Waals surface area (Å²) in [5.74, 6) is -0.202. The van der Waals surface area contributed by atoms with Gasteiger partial charge in [-0.2, -0.15) is 0 Å². The van der Waals surface area contributed by atoms with Crippen molar-refractivity contribution in [3.8, 4) is 11.5 Å². The molecule has 26 heavy (non-hydrogen) atoms. The molecule has 1 aromatic heterocycles. The van der Waals surface area contributed by atoms with Crippen molar-refractivity contribution in [1.29, 1.82) is 0 Å². The van der Waals surface area contributed by atoms with Crippen LogP contribution in [-0.4, -0.2) is 42.7 Å². The largest absolute Gasteiger partial charge is 0.497 e. The molecule has 0 bridgehead atoms. The van der Waals surface area contributed by atoms with Crippen LogP contribution in [0, 0.1) is 13.8 Å². The van der Waals surface area contributed by atoms with Crippen LogP contribution >= 0.6 is 0 Å². The number of rotatable bonds is 7. The quantitative estimate of drug-likeness (QED) is 0.581. The molecule has 0 saturated heterocycles. The molecule has 1 atom stereocenters. The summed E-state index contributed by atoms with van der Waals surface area (Å²) in [6.07, 6.45) is -0.713. The third-order valence-corrected chi connectivity index (χ3v) is 4.16. The number of nitrogens with one attached hydrogen (secondary N) is 1. The SMILES string of the molecule is COc1ccc(OC)c(C(=O)COC(=O)c2[nH]c(C)c([C@@H](C)O)c2C)c1.